The van der Waals surface area contributed by atoms with Gasteiger partial charge in [-0.25, -0.2) is 0 Å². The first-order valence-corrected chi connectivity index (χ1v) is 23.7. The minimum absolute atomic E-state index is 0.0610. The molecule has 322 valence electrons. The van der Waals surface area contributed by atoms with Crippen LogP contribution >= 0.6 is 0 Å². The van der Waals surface area contributed by atoms with E-state index < -0.39 is 18.2 Å². The van der Waals surface area contributed by atoms with Crippen LogP contribution in [0.15, 0.2) is 36.5 Å². The fourth-order valence-electron chi connectivity index (χ4n) is 7.07. The molecule has 0 saturated carbocycles. The molecule has 3 atom stereocenters. The van der Waals surface area contributed by atoms with Gasteiger partial charge in [0.1, 0.15) is 6.10 Å². The molecule has 3 N–H and O–H groups in total. The number of amides is 1. The molecule has 0 aliphatic rings. The highest BCUT2D eigenvalue weighted by Crippen LogP contribution is 2.17. The van der Waals surface area contributed by atoms with Crippen molar-refractivity contribution in [1.29, 1.82) is 0 Å². The van der Waals surface area contributed by atoms with Crippen molar-refractivity contribution in [3.63, 3.8) is 0 Å². The summed E-state index contributed by atoms with van der Waals surface area (Å²) in [7, 11) is 0. The Morgan fingerprint density at radius 1 is 0.527 bits per heavy atom. The summed E-state index contributed by atoms with van der Waals surface area (Å²) in [4.78, 5) is 25.9. The van der Waals surface area contributed by atoms with Crippen molar-refractivity contribution in [3.8, 4) is 0 Å². The quantitative estimate of drug-likeness (QED) is 0.0248. The molecular weight excluding hydrogens is 683 g/mol. The minimum atomic E-state index is -0.790. The molecule has 0 aromatic heterocycles. The summed E-state index contributed by atoms with van der Waals surface area (Å²) in [6, 6.07) is -0.705. The Morgan fingerprint density at radius 2 is 0.964 bits per heavy atom. The summed E-state index contributed by atoms with van der Waals surface area (Å²) in [6.07, 6.45) is 49.3. The smallest absolute Gasteiger partial charge is 0.306 e. The predicted octanol–water partition coefficient (Wildman–Crippen LogP) is 13.7. The van der Waals surface area contributed by atoms with Gasteiger partial charge in [0, 0.05) is 6.42 Å². The van der Waals surface area contributed by atoms with Gasteiger partial charge in [-0.2, -0.15) is 0 Å². The number of hydrogen-bond donors (Lipinski definition) is 3. The number of carbonyl (C=O) groups excluding carboxylic acids is 2. The van der Waals surface area contributed by atoms with Gasteiger partial charge in [0.15, 0.2) is 0 Å². The molecule has 0 spiro atoms. The van der Waals surface area contributed by atoms with Crippen LogP contribution in [0.4, 0.5) is 0 Å². The number of aliphatic hydroxyl groups excluding tert-OH is 2. The highest BCUT2D eigenvalue weighted by Gasteiger charge is 2.24. The van der Waals surface area contributed by atoms with E-state index in [0.29, 0.717) is 19.3 Å². The second-order valence-electron chi connectivity index (χ2n) is 16.2. The molecule has 0 aromatic rings. The third-order valence-electron chi connectivity index (χ3n) is 10.7. The zero-order valence-corrected chi connectivity index (χ0v) is 36.6. The summed E-state index contributed by atoms with van der Waals surface area (Å²) in [5.74, 6) is -0.509. The lowest BCUT2D eigenvalue weighted by Gasteiger charge is -2.24. The number of esters is 1. The highest BCUT2D eigenvalue weighted by atomic mass is 16.5. The number of aliphatic hydroxyl groups is 2. The number of hydrogen-bond acceptors (Lipinski definition) is 5. The Labute approximate surface area is 341 Å². The molecule has 6 nitrogen and oxygen atoms in total. The van der Waals surface area contributed by atoms with Crippen LogP contribution in [-0.4, -0.2) is 46.9 Å². The van der Waals surface area contributed by atoms with Gasteiger partial charge in [-0.15, -0.1) is 0 Å². The molecule has 6 heteroatoms. The van der Waals surface area contributed by atoms with Crippen LogP contribution in [0, 0.1) is 0 Å². The monoisotopic (exact) mass is 774 g/mol. The number of carbonyl (C=O) groups is 2. The van der Waals surface area contributed by atoms with Crippen LogP contribution < -0.4 is 5.32 Å². The molecular formula is C49H91NO5. The Bertz CT molecular complexity index is 915. The van der Waals surface area contributed by atoms with E-state index in [9.17, 15) is 19.8 Å². The van der Waals surface area contributed by atoms with Gasteiger partial charge in [-0.3, -0.25) is 9.59 Å². The van der Waals surface area contributed by atoms with Crippen LogP contribution in [0.2, 0.25) is 0 Å². The van der Waals surface area contributed by atoms with Crippen molar-refractivity contribution < 1.29 is 24.5 Å². The number of nitrogens with one attached hydrogen (secondary N) is 1. The van der Waals surface area contributed by atoms with Crippen LogP contribution in [0.1, 0.15) is 239 Å². The first-order valence-electron chi connectivity index (χ1n) is 23.7. The zero-order chi connectivity index (χ0) is 40.3. The summed E-state index contributed by atoms with van der Waals surface area (Å²) in [5.41, 5.74) is 0. The maximum atomic E-state index is 13.1. The lowest BCUT2D eigenvalue weighted by molar-refractivity contribution is -0.151. The van der Waals surface area contributed by atoms with Gasteiger partial charge in [-0.05, 0) is 70.6 Å². The summed E-state index contributed by atoms with van der Waals surface area (Å²) in [6.45, 7) is 6.38. The van der Waals surface area contributed by atoms with Crippen LogP contribution in [-0.2, 0) is 14.3 Å². The van der Waals surface area contributed by atoms with Crippen molar-refractivity contribution in [1.82, 2.24) is 5.32 Å². The molecule has 0 fully saturated rings. The van der Waals surface area contributed by atoms with Crippen LogP contribution in [0.5, 0.6) is 0 Å². The van der Waals surface area contributed by atoms with Crippen molar-refractivity contribution in [2.75, 3.05) is 6.61 Å². The zero-order valence-electron chi connectivity index (χ0n) is 36.6. The molecule has 0 bridgehead atoms. The largest absolute Gasteiger partial charge is 0.462 e. The van der Waals surface area contributed by atoms with E-state index in [-0.39, 0.29) is 24.9 Å². The van der Waals surface area contributed by atoms with Crippen molar-refractivity contribution in [2.45, 2.75) is 257 Å². The molecule has 1 amide bonds. The van der Waals surface area contributed by atoms with Gasteiger partial charge in [0.2, 0.25) is 5.91 Å². The van der Waals surface area contributed by atoms with E-state index in [1.54, 1.807) is 0 Å². The van der Waals surface area contributed by atoms with Crippen molar-refractivity contribution in [3.05, 3.63) is 36.5 Å². The average molecular weight is 774 g/mol. The second kappa shape index (κ2) is 43.2. The lowest BCUT2D eigenvalue weighted by Crippen LogP contribution is -2.46. The van der Waals surface area contributed by atoms with E-state index in [1.807, 2.05) is 0 Å². The Morgan fingerprint density at radius 3 is 1.49 bits per heavy atom. The normalized spacial score (nSPS) is 13.6. The van der Waals surface area contributed by atoms with Gasteiger partial charge >= 0.3 is 5.97 Å². The maximum Gasteiger partial charge on any atom is 0.306 e. The van der Waals surface area contributed by atoms with Gasteiger partial charge in [0.25, 0.3) is 0 Å². The summed E-state index contributed by atoms with van der Waals surface area (Å²) in [5, 5.41) is 23.6. The van der Waals surface area contributed by atoms with Gasteiger partial charge < -0.3 is 20.3 Å². The first kappa shape index (κ1) is 53.1. The van der Waals surface area contributed by atoms with E-state index in [4.69, 9.17) is 4.74 Å². The van der Waals surface area contributed by atoms with Gasteiger partial charge in [-0.1, -0.05) is 192 Å². The Balaban J connectivity index is 4.46. The highest BCUT2D eigenvalue weighted by molar-refractivity contribution is 5.77. The van der Waals surface area contributed by atoms with E-state index in [0.717, 1.165) is 89.9 Å². The SMILES string of the molecule is CCC/C=C\CCCCCC(CC(=O)NC(CO)C(O)CCCCCCCCCCCC)OC(=O)CCCCCCC/C=C/C=C/CCCCCCCCC. The number of ether oxygens (including phenoxy) is 1. The fourth-order valence-corrected chi connectivity index (χ4v) is 7.07. The Hall–Kier alpha value is -1.92. The van der Waals surface area contributed by atoms with Crippen molar-refractivity contribution in [2.24, 2.45) is 0 Å². The third-order valence-corrected chi connectivity index (χ3v) is 10.7. The van der Waals surface area contributed by atoms with Crippen LogP contribution in [0.25, 0.3) is 0 Å². The van der Waals surface area contributed by atoms with E-state index in [2.05, 4.69) is 62.5 Å². The summed E-state index contributed by atoms with van der Waals surface area (Å²) >= 11 is 0. The maximum absolute atomic E-state index is 13.1. The third kappa shape index (κ3) is 38.7. The van der Waals surface area contributed by atoms with E-state index in [1.165, 1.54) is 103 Å². The fraction of sp³-hybridized carbons (Fsp3) is 0.837. The minimum Gasteiger partial charge on any atom is -0.462 e. The Kier molecular flexibility index (Phi) is 41.7. The molecule has 0 rings (SSSR count). The molecule has 0 radical (unpaired) electrons. The first-order chi connectivity index (χ1) is 27.0. The second-order valence-corrected chi connectivity index (χ2v) is 16.2. The average Bonchev–Trinajstić information content (AvgIpc) is 3.18. The number of unbranched alkanes of at least 4 members (excludes halogenated alkanes) is 25. The molecule has 0 aliphatic heterocycles. The molecule has 0 aliphatic carbocycles. The van der Waals surface area contributed by atoms with Crippen molar-refractivity contribution >= 4 is 11.9 Å². The lowest BCUT2D eigenvalue weighted by atomic mass is 10.0. The predicted molar refractivity (Wildman–Crippen MR) is 236 cm³/mol. The molecule has 0 heterocycles. The molecule has 0 saturated heterocycles. The summed E-state index contributed by atoms with van der Waals surface area (Å²) < 4.78 is 5.87. The van der Waals surface area contributed by atoms with E-state index >= 15 is 0 Å². The molecule has 3 unspecified atom stereocenters. The number of rotatable bonds is 42. The molecule has 0 aromatic carbocycles. The van der Waals surface area contributed by atoms with Gasteiger partial charge in [0.05, 0.1) is 25.2 Å². The topological polar surface area (TPSA) is 95.9 Å². The standard InChI is InChI=1S/C49H91NO5/c1-4-7-10-13-16-19-21-22-23-24-25-26-27-28-30-33-36-39-42-49(54)55-45(40-37-34-31-18-15-12-9-6-3)43-48(53)50-46(44-51)47(52)41-38-35-32-29-20-17-14-11-8-5-2/h12,15,23-26,45-47,51-52H,4-11,13-14,16-22,27-44H2,1-3H3,(H,50,53)/b15-12-,24-23+,26-25+. The van der Waals surface area contributed by atoms with Crippen LogP contribution in [0.3, 0.4) is 0 Å². The number of allylic oxidation sites excluding steroid dienone is 6. The molecule has 55 heavy (non-hydrogen) atoms.